The van der Waals surface area contributed by atoms with E-state index in [0.29, 0.717) is 17.3 Å². The first kappa shape index (κ1) is 14.2. The van der Waals surface area contributed by atoms with Crippen LogP contribution in [-0.2, 0) is 16.6 Å². The number of hydrogen-bond acceptors (Lipinski definition) is 3. The summed E-state index contributed by atoms with van der Waals surface area (Å²) in [4.78, 5) is 0.169. The third-order valence-electron chi connectivity index (χ3n) is 2.75. The molecule has 1 heterocycles. The van der Waals surface area contributed by atoms with Gasteiger partial charge in [-0.3, -0.25) is 4.68 Å². The van der Waals surface area contributed by atoms with Gasteiger partial charge in [-0.15, -0.1) is 0 Å². The molecule has 0 saturated carbocycles. The summed E-state index contributed by atoms with van der Waals surface area (Å²) in [7, 11) is -3.67. The summed E-state index contributed by atoms with van der Waals surface area (Å²) < 4.78 is 24.5. The predicted molar refractivity (Wildman–Crippen MR) is 67.1 cm³/mol. The van der Waals surface area contributed by atoms with Gasteiger partial charge in [0, 0.05) is 6.54 Å². The maximum Gasteiger partial charge on any atom is 0.241 e. The minimum absolute atomic E-state index is 0.169. The topological polar surface area (TPSA) is 78.0 Å². The Balaban J connectivity index is 2.90. The van der Waals surface area contributed by atoms with Crippen molar-refractivity contribution in [2.45, 2.75) is 52.0 Å². The van der Waals surface area contributed by atoms with Crippen LogP contribution < -0.4 is 5.14 Å². The first-order valence-corrected chi connectivity index (χ1v) is 7.35. The lowest BCUT2D eigenvalue weighted by molar-refractivity contribution is 0.482. The third-order valence-corrected chi connectivity index (χ3v) is 3.91. The van der Waals surface area contributed by atoms with Gasteiger partial charge in [0.15, 0.2) is 0 Å². The highest BCUT2D eigenvalue weighted by molar-refractivity contribution is 7.89. The van der Waals surface area contributed by atoms with E-state index >= 15 is 0 Å². The summed E-state index contributed by atoms with van der Waals surface area (Å²) in [5.41, 5.74) is 1.11. The zero-order valence-corrected chi connectivity index (χ0v) is 11.7. The molecule has 0 unspecified atom stereocenters. The van der Waals surface area contributed by atoms with Gasteiger partial charge in [-0.25, -0.2) is 13.6 Å². The molecule has 0 fully saturated rings. The van der Waals surface area contributed by atoms with Crippen molar-refractivity contribution < 1.29 is 8.42 Å². The van der Waals surface area contributed by atoms with Crippen molar-refractivity contribution in [1.82, 2.24) is 9.78 Å². The van der Waals surface area contributed by atoms with Gasteiger partial charge >= 0.3 is 0 Å². The van der Waals surface area contributed by atoms with Gasteiger partial charge < -0.3 is 0 Å². The van der Waals surface area contributed by atoms with E-state index in [-0.39, 0.29) is 4.90 Å². The van der Waals surface area contributed by atoms with Crippen molar-refractivity contribution in [2.24, 2.45) is 11.1 Å². The molecule has 0 amide bonds. The second-order valence-corrected chi connectivity index (χ2v) is 6.30. The summed E-state index contributed by atoms with van der Waals surface area (Å²) >= 11 is 0. The van der Waals surface area contributed by atoms with E-state index in [9.17, 15) is 8.42 Å². The molecule has 1 aromatic rings. The number of primary sulfonamides is 1. The standard InChI is InChI=1S/C11H21N3O2S/c1-8(2)6-5-7-14-10(4)11(9(3)13-14)17(12,15)16/h8H,5-7H2,1-4H3,(H2,12,15,16). The number of nitrogens with zero attached hydrogens (tertiary/aromatic N) is 2. The Morgan fingerprint density at radius 2 is 1.94 bits per heavy atom. The van der Waals surface area contributed by atoms with E-state index < -0.39 is 10.0 Å². The Hall–Kier alpha value is -0.880. The van der Waals surface area contributed by atoms with Crippen molar-refractivity contribution in [3.05, 3.63) is 11.4 Å². The third kappa shape index (κ3) is 3.54. The van der Waals surface area contributed by atoms with Crippen LogP contribution in [0.4, 0.5) is 0 Å². The van der Waals surface area contributed by atoms with Crippen molar-refractivity contribution >= 4 is 10.0 Å². The second kappa shape index (κ2) is 5.18. The van der Waals surface area contributed by atoms with Crippen molar-refractivity contribution in [2.75, 3.05) is 0 Å². The van der Waals surface area contributed by atoms with E-state index in [1.54, 1.807) is 18.5 Å². The zero-order chi connectivity index (χ0) is 13.2. The quantitative estimate of drug-likeness (QED) is 0.872. The number of hydrogen-bond donors (Lipinski definition) is 1. The van der Waals surface area contributed by atoms with Gasteiger partial charge in [-0.05, 0) is 32.6 Å². The average molecular weight is 259 g/mol. The van der Waals surface area contributed by atoms with E-state index in [1.165, 1.54) is 0 Å². The Bertz CT molecular complexity index is 489. The molecule has 1 aromatic heterocycles. The molecule has 1 rings (SSSR count). The molecule has 5 nitrogen and oxygen atoms in total. The minimum Gasteiger partial charge on any atom is -0.268 e. The summed E-state index contributed by atoms with van der Waals surface area (Å²) in [6, 6.07) is 0. The van der Waals surface area contributed by atoms with Crippen LogP contribution in [0, 0.1) is 19.8 Å². The fourth-order valence-corrected chi connectivity index (χ4v) is 2.93. The smallest absolute Gasteiger partial charge is 0.241 e. The molecule has 0 radical (unpaired) electrons. The lowest BCUT2D eigenvalue weighted by Crippen LogP contribution is -2.14. The molecule has 98 valence electrons. The number of nitrogens with two attached hydrogens (primary N) is 1. The second-order valence-electron chi connectivity index (χ2n) is 4.80. The van der Waals surface area contributed by atoms with Gasteiger partial charge in [0.2, 0.25) is 10.0 Å². The molecule has 0 aromatic carbocycles. The largest absolute Gasteiger partial charge is 0.268 e. The van der Waals surface area contributed by atoms with E-state index in [2.05, 4.69) is 18.9 Å². The zero-order valence-electron chi connectivity index (χ0n) is 10.9. The Labute approximate surface area is 103 Å². The number of aryl methyl sites for hydroxylation is 2. The van der Waals surface area contributed by atoms with Crippen LogP contribution in [0.5, 0.6) is 0 Å². The van der Waals surface area contributed by atoms with E-state index in [1.807, 2.05) is 0 Å². The number of aromatic nitrogens is 2. The fraction of sp³-hybridized carbons (Fsp3) is 0.727. The summed E-state index contributed by atoms with van der Waals surface area (Å²) in [5, 5.41) is 9.40. The Kier molecular flexibility index (Phi) is 4.32. The highest BCUT2D eigenvalue weighted by Gasteiger charge is 2.20. The van der Waals surface area contributed by atoms with Crippen LogP contribution in [0.25, 0.3) is 0 Å². The molecule has 0 spiro atoms. The van der Waals surface area contributed by atoms with Crippen molar-refractivity contribution in [3.8, 4) is 0 Å². The number of sulfonamides is 1. The van der Waals surface area contributed by atoms with Crippen LogP contribution in [0.15, 0.2) is 4.90 Å². The molecule has 17 heavy (non-hydrogen) atoms. The molecule has 0 aliphatic carbocycles. The molecule has 0 bridgehead atoms. The highest BCUT2D eigenvalue weighted by atomic mass is 32.2. The van der Waals surface area contributed by atoms with E-state index in [4.69, 9.17) is 5.14 Å². The SMILES string of the molecule is Cc1nn(CCCC(C)C)c(C)c1S(N)(=O)=O. The summed E-state index contributed by atoms with van der Waals surface area (Å²) in [5.74, 6) is 0.643. The maximum atomic E-state index is 11.4. The van der Waals surface area contributed by atoms with Crippen LogP contribution >= 0.6 is 0 Å². The molecule has 6 heteroatoms. The first-order valence-electron chi connectivity index (χ1n) is 5.80. The van der Waals surface area contributed by atoms with Crippen LogP contribution in [0.3, 0.4) is 0 Å². The lowest BCUT2D eigenvalue weighted by atomic mass is 10.1. The Morgan fingerprint density at radius 1 is 1.35 bits per heavy atom. The van der Waals surface area contributed by atoms with Gasteiger partial charge in [0.1, 0.15) is 4.90 Å². The van der Waals surface area contributed by atoms with Gasteiger partial charge in [-0.1, -0.05) is 13.8 Å². The van der Waals surface area contributed by atoms with Gasteiger partial charge in [0.05, 0.1) is 11.4 Å². The Morgan fingerprint density at radius 3 is 2.35 bits per heavy atom. The molecule has 2 N–H and O–H groups in total. The maximum absolute atomic E-state index is 11.4. The summed E-state index contributed by atoms with van der Waals surface area (Å²) in [6.45, 7) is 8.48. The molecular formula is C11H21N3O2S. The van der Waals surface area contributed by atoms with Crippen LogP contribution in [0.1, 0.15) is 38.1 Å². The molecule has 0 aliphatic heterocycles. The van der Waals surface area contributed by atoms with Crippen molar-refractivity contribution in [1.29, 1.82) is 0 Å². The number of rotatable bonds is 5. The highest BCUT2D eigenvalue weighted by Crippen LogP contribution is 2.18. The molecular weight excluding hydrogens is 238 g/mol. The molecule has 0 aliphatic rings. The fourth-order valence-electron chi connectivity index (χ4n) is 1.96. The van der Waals surface area contributed by atoms with Gasteiger partial charge in [0.25, 0.3) is 0 Å². The lowest BCUT2D eigenvalue weighted by Gasteiger charge is -2.06. The first-order chi connectivity index (χ1) is 7.73. The normalized spacial score (nSPS) is 12.4. The van der Waals surface area contributed by atoms with E-state index in [0.717, 1.165) is 19.4 Å². The molecule has 0 atom stereocenters. The molecule has 0 saturated heterocycles. The average Bonchev–Trinajstić information content (AvgIpc) is 2.40. The van der Waals surface area contributed by atoms with Crippen LogP contribution in [-0.4, -0.2) is 18.2 Å². The predicted octanol–water partition coefficient (Wildman–Crippen LogP) is 1.58. The summed E-state index contributed by atoms with van der Waals surface area (Å²) in [6.07, 6.45) is 2.09. The van der Waals surface area contributed by atoms with Gasteiger partial charge in [-0.2, -0.15) is 5.10 Å². The van der Waals surface area contributed by atoms with Crippen LogP contribution in [0.2, 0.25) is 0 Å². The minimum atomic E-state index is -3.67. The monoisotopic (exact) mass is 259 g/mol. The van der Waals surface area contributed by atoms with Crippen molar-refractivity contribution in [3.63, 3.8) is 0 Å².